The predicted molar refractivity (Wildman–Crippen MR) is 37.4 cm³/mol. The van der Waals surface area contributed by atoms with Crippen molar-refractivity contribution in [3.63, 3.8) is 0 Å². The summed E-state index contributed by atoms with van der Waals surface area (Å²) in [6.07, 6.45) is 3.10. The number of nitrogens with one attached hydrogen (secondary N) is 1. The second-order valence-electron chi connectivity index (χ2n) is 2.44. The van der Waals surface area contributed by atoms with Crippen LogP contribution in [0.1, 0.15) is 17.0 Å². The largest absolute Gasteiger partial charge is 0.426 e. The molecule has 0 spiro atoms. The maximum absolute atomic E-state index is 9.20. The lowest BCUT2D eigenvalue weighted by Crippen LogP contribution is -2.11. The number of rotatable bonds is 0. The van der Waals surface area contributed by atoms with Gasteiger partial charge in [0.25, 0.3) is 0 Å². The van der Waals surface area contributed by atoms with Gasteiger partial charge in [0.15, 0.2) is 0 Å². The maximum atomic E-state index is 9.20. The summed E-state index contributed by atoms with van der Waals surface area (Å²) in [4.78, 5) is 1.44. The van der Waals surface area contributed by atoms with Gasteiger partial charge in [-0.1, -0.05) is 11.3 Å². The molecule has 2 rings (SSSR count). The molecule has 1 aliphatic rings. The molecule has 0 aromatic carbocycles. The van der Waals surface area contributed by atoms with E-state index in [0.29, 0.717) is 0 Å². The molecule has 0 saturated carbocycles. The molecule has 1 aromatic heterocycles. The van der Waals surface area contributed by atoms with E-state index >= 15 is 0 Å². The Bertz CT molecular complexity index is 312. The van der Waals surface area contributed by atoms with Gasteiger partial charge in [0.05, 0.1) is 5.69 Å². The Hall–Kier alpha value is -0.770. The Kier molecular flexibility index (Phi) is 1.11. The van der Waals surface area contributed by atoms with Gasteiger partial charge in [-0.2, -0.15) is 4.73 Å². The normalized spacial score (nSPS) is 15.6. The molecule has 10 heavy (non-hydrogen) atoms. The summed E-state index contributed by atoms with van der Waals surface area (Å²) in [7, 11) is 0. The van der Waals surface area contributed by atoms with Crippen molar-refractivity contribution in [2.75, 3.05) is 0 Å². The minimum absolute atomic E-state index is 0.254. The van der Waals surface area contributed by atoms with Crippen LogP contribution in [0.15, 0.2) is 0 Å². The molecule has 3 nitrogen and oxygen atoms in total. The smallest absolute Gasteiger partial charge is 0.216 e. The lowest BCUT2D eigenvalue weighted by Gasteiger charge is -1.92. The second-order valence-corrected chi connectivity index (χ2v) is 3.53. The Morgan fingerprint density at radius 1 is 1.50 bits per heavy atom. The zero-order chi connectivity index (χ0) is 7.14. The Morgan fingerprint density at radius 3 is 3.00 bits per heavy atom. The van der Waals surface area contributed by atoms with Crippen LogP contribution < -0.4 is 4.80 Å². The van der Waals surface area contributed by atoms with E-state index in [1.54, 1.807) is 0 Å². The number of hydrogen-bond acceptors (Lipinski definition) is 3. The quantitative estimate of drug-likeness (QED) is 0.535. The van der Waals surface area contributed by atoms with E-state index in [0.717, 1.165) is 29.7 Å². The molecule has 2 N–H and O–H groups in total. The third-order valence-corrected chi connectivity index (χ3v) is 2.86. The highest BCUT2D eigenvalue weighted by atomic mass is 32.1. The van der Waals surface area contributed by atoms with Crippen molar-refractivity contribution < 1.29 is 5.21 Å². The molecule has 0 aliphatic heterocycles. The van der Waals surface area contributed by atoms with Crippen LogP contribution >= 0.6 is 11.3 Å². The van der Waals surface area contributed by atoms with Crippen molar-refractivity contribution >= 4 is 11.3 Å². The standard InChI is InChI=1S/C6H8N2OS/c7-6-8(9)4-2-1-3-5(4)10-6/h7,9H,1-3H2. The highest BCUT2D eigenvalue weighted by molar-refractivity contribution is 7.09. The van der Waals surface area contributed by atoms with E-state index in [-0.39, 0.29) is 4.80 Å². The second kappa shape index (κ2) is 1.85. The van der Waals surface area contributed by atoms with Crippen LogP contribution in [0.5, 0.6) is 0 Å². The third kappa shape index (κ3) is 0.623. The molecule has 0 unspecified atom stereocenters. The molecule has 4 heteroatoms. The van der Waals surface area contributed by atoms with Gasteiger partial charge >= 0.3 is 0 Å². The van der Waals surface area contributed by atoms with Crippen molar-refractivity contribution in [2.24, 2.45) is 0 Å². The van der Waals surface area contributed by atoms with E-state index in [1.807, 2.05) is 0 Å². The number of nitrogens with zero attached hydrogens (tertiary/aromatic N) is 1. The molecule has 0 atom stereocenters. The first-order valence-corrected chi connectivity index (χ1v) is 4.08. The zero-order valence-electron chi connectivity index (χ0n) is 5.42. The van der Waals surface area contributed by atoms with Crippen LogP contribution in [0.4, 0.5) is 0 Å². The SMILES string of the molecule is N=c1sc2c(n1O)CCC2. The topological polar surface area (TPSA) is 49.0 Å². The lowest BCUT2D eigenvalue weighted by molar-refractivity contribution is 0.168. The first kappa shape index (κ1) is 5.97. The summed E-state index contributed by atoms with van der Waals surface area (Å²) in [5.74, 6) is 0. The third-order valence-electron chi connectivity index (χ3n) is 1.81. The zero-order valence-corrected chi connectivity index (χ0v) is 6.24. The average Bonchev–Trinajstić information content (AvgIpc) is 2.41. The van der Waals surface area contributed by atoms with Crippen molar-refractivity contribution in [3.8, 4) is 0 Å². The van der Waals surface area contributed by atoms with Gasteiger partial charge in [-0.15, -0.1) is 0 Å². The summed E-state index contributed by atoms with van der Waals surface area (Å²) in [6, 6.07) is 0. The molecule has 0 bridgehead atoms. The molecular formula is C6H8N2OS. The van der Waals surface area contributed by atoms with Crippen LogP contribution in [0, 0.1) is 5.41 Å². The molecule has 1 heterocycles. The first-order chi connectivity index (χ1) is 4.79. The Labute approximate surface area is 62.0 Å². The Balaban J connectivity index is 2.70. The maximum Gasteiger partial charge on any atom is 0.216 e. The van der Waals surface area contributed by atoms with Gasteiger partial charge in [-0.05, 0) is 19.3 Å². The Morgan fingerprint density at radius 2 is 2.30 bits per heavy atom. The van der Waals surface area contributed by atoms with E-state index < -0.39 is 0 Å². The van der Waals surface area contributed by atoms with Gasteiger partial charge in [-0.3, -0.25) is 5.41 Å². The molecule has 1 aromatic rings. The van der Waals surface area contributed by atoms with E-state index in [9.17, 15) is 5.21 Å². The van der Waals surface area contributed by atoms with Gasteiger partial charge in [0, 0.05) is 4.88 Å². The molecule has 54 valence electrons. The molecule has 0 saturated heterocycles. The summed E-state index contributed by atoms with van der Waals surface area (Å²) < 4.78 is 1.01. The average molecular weight is 156 g/mol. The molecule has 0 fully saturated rings. The number of aromatic nitrogens is 1. The summed E-state index contributed by atoms with van der Waals surface area (Å²) >= 11 is 1.38. The molecule has 0 amide bonds. The fraction of sp³-hybridized carbons (Fsp3) is 0.500. The van der Waals surface area contributed by atoms with Crippen molar-refractivity contribution in [3.05, 3.63) is 15.4 Å². The summed E-state index contributed by atoms with van der Waals surface area (Å²) in [6.45, 7) is 0. The monoisotopic (exact) mass is 156 g/mol. The minimum atomic E-state index is 0.254. The molecular weight excluding hydrogens is 148 g/mol. The van der Waals surface area contributed by atoms with Crippen molar-refractivity contribution in [2.45, 2.75) is 19.3 Å². The highest BCUT2D eigenvalue weighted by Crippen LogP contribution is 2.22. The number of fused-ring (bicyclic) bond motifs is 1. The molecule has 0 radical (unpaired) electrons. The highest BCUT2D eigenvalue weighted by Gasteiger charge is 2.17. The van der Waals surface area contributed by atoms with Crippen LogP contribution in [0.25, 0.3) is 0 Å². The van der Waals surface area contributed by atoms with Crippen molar-refractivity contribution in [1.29, 1.82) is 5.41 Å². The van der Waals surface area contributed by atoms with Crippen LogP contribution in [0.3, 0.4) is 0 Å². The van der Waals surface area contributed by atoms with Crippen LogP contribution in [-0.2, 0) is 12.8 Å². The van der Waals surface area contributed by atoms with Gasteiger partial charge in [-0.25, -0.2) is 0 Å². The number of thiazole rings is 1. The summed E-state index contributed by atoms with van der Waals surface area (Å²) in [5, 5.41) is 16.4. The minimum Gasteiger partial charge on any atom is -0.426 e. The fourth-order valence-electron chi connectivity index (χ4n) is 1.32. The number of hydrogen-bond donors (Lipinski definition) is 2. The number of aryl methyl sites for hydroxylation is 1. The first-order valence-electron chi connectivity index (χ1n) is 3.26. The van der Waals surface area contributed by atoms with Gasteiger partial charge in [0.1, 0.15) is 0 Å². The van der Waals surface area contributed by atoms with E-state index in [1.165, 1.54) is 16.2 Å². The summed E-state index contributed by atoms with van der Waals surface area (Å²) in [5.41, 5.74) is 0.954. The van der Waals surface area contributed by atoms with Crippen molar-refractivity contribution in [1.82, 2.24) is 4.73 Å². The van der Waals surface area contributed by atoms with Crippen LogP contribution in [0.2, 0.25) is 0 Å². The van der Waals surface area contributed by atoms with Gasteiger partial charge in [0.2, 0.25) is 4.80 Å². The predicted octanol–water partition coefficient (Wildman–Crippen LogP) is 0.755. The lowest BCUT2D eigenvalue weighted by atomic mass is 10.4. The van der Waals surface area contributed by atoms with Crippen LogP contribution in [-0.4, -0.2) is 9.94 Å². The molecule has 1 aliphatic carbocycles. The van der Waals surface area contributed by atoms with E-state index in [4.69, 9.17) is 5.41 Å². The van der Waals surface area contributed by atoms with E-state index in [2.05, 4.69) is 0 Å². The van der Waals surface area contributed by atoms with Gasteiger partial charge < -0.3 is 5.21 Å². The fourth-order valence-corrected chi connectivity index (χ4v) is 2.30.